The SMILES string of the molecule is CC(C)N(CCNC(C)C(C)(C)O)C(=O)OC(C)(C)C. The number of amides is 1. The van der Waals surface area contributed by atoms with Crippen molar-refractivity contribution in [2.75, 3.05) is 13.1 Å². The molecular formula is C15H32N2O3. The van der Waals surface area contributed by atoms with E-state index in [2.05, 4.69) is 5.32 Å². The zero-order valence-electron chi connectivity index (χ0n) is 14.3. The largest absolute Gasteiger partial charge is 0.444 e. The minimum absolute atomic E-state index is 0.0462. The molecule has 0 aliphatic rings. The Balaban J connectivity index is 4.40. The van der Waals surface area contributed by atoms with Gasteiger partial charge in [0.05, 0.1) is 5.60 Å². The van der Waals surface area contributed by atoms with Gasteiger partial charge in [0, 0.05) is 25.2 Å². The molecule has 0 saturated carbocycles. The molecule has 0 aromatic carbocycles. The third-order valence-corrected chi connectivity index (χ3v) is 3.11. The van der Waals surface area contributed by atoms with Gasteiger partial charge in [0.2, 0.25) is 0 Å². The number of nitrogens with zero attached hydrogens (tertiary/aromatic N) is 1. The second-order valence-electron chi connectivity index (χ2n) is 7.10. The van der Waals surface area contributed by atoms with Crippen LogP contribution < -0.4 is 5.32 Å². The average molecular weight is 288 g/mol. The molecule has 5 heteroatoms. The van der Waals surface area contributed by atoms with Crippen LogP contribution in [-0.4, -0.2) is 52.5 Å². The molecule has 0 spiro atoms. The van der Waals surface area contributed by atoms with Crippen LogP contribution in [0.25, 0.3) is 0 Å². The van der Waals surface area contributed by atoms with Gasteiger partial charge in [0.1, 0.15) is 5.60 Å². The average Bonchev–Trinajstić information content (AvgIpc) is 2.18. The number of rotatable bonds is 6. The van der Waals surface area contributed by atoms with Crippen LogP contribution >= 0.6 is 0 Å². The molecule has 0 aliphatic carbocycles. The van der Waals surface area contributed by atoms with Crippen molar-refractivity contribution in [1.82, 2.24) is 10.2 Å². The first-order valence-electron chi connectivity index (χ1n) is 7.30. The number of nitrogens with one attached hydrogen (secondary N) is 1. The van der Waals surface area contributed by atoms with Crippen molar-refractivity contribution in [2.24, 2.45) is 0 Å². The number of hydrogen-bond donors (Lipinski definition) is 2. The van der Waals surface area contributed by atoms with Crippen molar-refractivity contribution in [3.8, 4) is 0 Å². The highest BCUT2D eigenvalue weighted by atomic mass is 16.6. The first-order valence-corrected chi connectivity index (χ1v) is 7.30. The molecule has 20 heavy (non-hydrogen) atoms. The minimum atomic E-state index is -0.783. The van der Waals surface area contributed by atoms with E-state index in [-0.39, 0.29) is 18.2 Å². The highest BCUT2D eigenvalue weighted by molar-refractivity contribution is 5.68. The number of carbonyl (C=O) groups excluding carboxylic acids is 1. The number of carbonyl (C=O) groups is 1. The lowest BCUT2D eigenvalue weighted by Crippen LogP contribution is -2.49. The molecule has 1 amide bonds. The van der Waals surface area contributed by atoms with Crippen LogP contribution in [0.15, 0.2) is 0 Å². The number of ether oxygens (including phenoxy) is 1. The quantitative estimate of drug-likeness (QED) is 0.788. The van der Waals surface area contributed by atoms with Gasteiger partial charge in [-0.25, -0.2) is 4.79 Å². The van der Waals surface area contributed by atoms with Crippen LogP contribution in [0.4, 0.5) is 4.79 Å². The van der Waals surface area contributed by atoms with Gasteiger partial charge < -0.3 is 20.1 Å². The van der Waals surface area contributed by atoms with Crippen molar-refractivity contribution < 1.29 is 14.6 Å². The second kappa shape index (κ2) is 7.27. The van der Waals surface area contributed by atoms with E-state index in [1.807, 2.05) is 41.5 Å². The first kappa shape index (κ1) is 19.2. The van der Waals surface area contributed by atoms with E-state index in [9.17, 15) is 9.90 Å². The zero-order chi connectivity index (χ0) is 16.1. The molecule has 0 rings (SSSR count). The molecule has 2 N–H and O–H groups in total. The molecule has 0 saturated heterocycles. The lowest BCUT2D eigenvalue weighted by atomic mass is 10.0. The van der Waals surface area contributed by atoms with E-state index >= 15 is 0 Å². The van der Waals surface area contributed by atoms with Crippen LogP contribution in [-0.2, 0) is 4.74 Å². The monoisotopic (exact) mass is 288 g/mol. The Morgan fingerprint density at radius 2 is 1.70 bits per heavy atom. The van der Waals surface area contributed by atoms with Crippen molar-refractivity contribution >= 4 is 6.09 Å². The number of hydrogen-bond acceptors (Lipinski definition) is 4. The Labute approximate surface area is 123 Å². The van der Waals surface area contributed by atoms with Crippen LogP contribution in [0.2, 0.25) is 0 Å². The number of aliphatic hydroxyl groups is 1. The molecule has 1 unspecified atom stereocenters. The summed E-state index contributed by atoms with van der Waals surface area (Å²) in [5.74, 6) is 0. The summed E-state index contributed by atoms with van der Waals surface area (Å²) in [4.78, 5) is 13.8. The van der Waals surface area contributed by atoms with Crippen LogP contribution in [0, 0.1) is 0 Å². The predicted molar refractivity (Wildman–Crippen MR) is 81.8 cm³/mol. The Morgan fingerprint density at radius 1 is 1.20 bits per heavy atom. The topological polar surface area (TPSA) is 61.8 Å². The molecule has 0 aliphatic heterocycles. The Morgan fingerprint density at radius 3 is 2.05 bits per heavy atom. The molecule has 5 nitrogen and oxygen atoms in total. The maximum Gasteiger partial charge on any atom is 0.410 e. The van der Waals surface area contributed by atoms with E-state index in [0.717, 1.165) is 0 Å². The molecule has 0 aromatic rings. The van der Waals surface area contributed by atoms with Gasteiger partial charge in [-0.05, 0) is 55.4 Å². The van der Waals surface area contributed by atoms with Crippen molar-refractivity contribution in [3.05, 3.63) is 0 Å². The smallest absolute Gasteiger partial charge is 0.410 e. The fraction of sp³-hybridized carbons (Fsp3) is 0.933. The Kier molecular flexibility index (Phi) is 6.98. The van der Waals surface area contributed by atoms with E-state index < -0.39 is 11.2 Å². The molecule has 0 fully saturated rings. The van der Waals surface area contributed by atoms with Gasteiger partial charge in [-0.15, -0.1) is 0 Å². The van der Waals surface area contributed by atoms with Crippen LogP contribution in [0.1, 0.15) is 55.4 Å². The van der Waals surface area contributed by atoms with Crippen molar-refractivity contribution in [3.63, 3.8) is 0 Å². The lowest BCUT2D eigenvalue weighted by molar-refractivity contribution is 0.0175. The van der Waals surface area contributed by atoms with Gasteiger partial charge in [-0.2, -0.15) is 0 Å². The standard InChI is InChI=1S/C15H32N2O3/c1-11(2)17(13(18)20-14(4,5)6)10-9-16-12(3)15(7,8)19/h11-12,16,19H,9-10H2,1-8H3. The van der Waals surface area contributed by atoms with E-state index in [0.29, 0.717) is 13.1 Å². The summed E-state index contributed by atoms with van der Waals surface area (Å²) in [6, 6.07) is 0.0271. The lowest BCUT2D eigenvalue weighted by Gasteiger charge is -2.32. The van der Waals surface area contributed by atoms with Gasteiger partial charge in [0.15, 0.2) is 0 Å². The van der Waals surface area contributed by atoms with Gasteiger partial charge in [-0.3, -0.25) is 0 Å². The maximum absolute atomic E-state index is 12.1. The highest BCUT2D eigenvalue weighted by Crippen LogP contribution is 2.12. The summed E-state index contributed by atoms with van der Waals surface area (Å²) in [5, 5.41) is 13.1. The molecule has 1 atom stereocenters. The van der Waals surface area contributed by atoms with Crippen molar-refractivity contribution in [1.29, 1.82) is 0 Å². The summed E-state index contributed by atoms with van der Waals surface area (Å²) in [7, 11) is 0. The summed E-state index contributed by atoms with van der Waals surface area (Å²) < 4.78 is 5.40. The normalized spacial score (nSPS) is 14.3. The fourth-order valence-corrected chi connectivity index (χ4v) is 1.53. The summed E-state index contributed by atoms with van der Waals surface area (Å²) >= 11 is 0. The summed E-state index contributed by atoms with van der Waals surface area (Å²) in [6.07, 6.45) is -0.301. The molecule has 0 radical (unpaired) electrons. The Bertz CT molecular complexity index is 303. The van der Waals surface area contributed by atoms with Crippen LogP contribution in [0.3, 0.4) is 0 Å². The van der Waals surface area contributed by atoms with E-state index in [1.54, 1.807) is 18.7 Å². The van der Waals surface area contributed by atoms with Gasteiger partial charge in [0.25, 0.3) is 0 Å². The van der Waals surface area contributed by atoms with E-state index in [4.69, 9.17) is 4.74 Å². The second-order valence-corrected chi connectivity index (χ2v) is 7.10. The van der Waals surface area contributed by atoms with Gasteiger partial charge in [-0.1, -0.05) is 0 Å². The summed E-state index contributed by atoms with van der Waals surface area (Å²) in [5.41, 5.74) is -1.27. The summed E-state index contributed by atoms with van der Waals surface area (Å²) in [6.45, 7) is 16.1. The first-order chi connectivity index (χ1) is 8.84. The maximum atomic E-state index is 12.1. The van der Waals surface area contributed by atoms with Crippen LogP contribution in [0.5, 0.6) is 0 Å². The predicted octanol–water partition coefficient (Wildman–Crippen LogP) is 2.38. The molecular weight excluding hydrogens is 256 g/mol. The molecule has 0 aromatic heterocycles. The minimum Gasteiger partial charge on any atom is -0.444 e. The van der Waals surface area contributed by atoms with Gasteiger partial charge >= 0.3 is 6.09 Å². The van der Waals surface area contributed by atoms with Crippen molar-refractivity contribution in [2.45, 2.75) is 78.7 Å². The molecule has 120 valence electrons. The third kappa shape index (κ3) is 7.70. The fourth-order valence-electron chi connectivity index (χ4n) is 1.53. The third-order valence-electron chi connectivity index (χ3n) is 3.11. The molecule has 0 heterocycles. The van der Waals surface area contributed by atoms with E-state index in [1.165, 1.54) is 0 Å². The highest BCUT2D eigenvalue weighted by Gasteiger charge is 2.25. The molecule has 0 bridgehead atoms. The Hall–Kier alpha value is -0.810. The zero-order valence-corrected chi connectivity index (χ0v) is 14.3.